The average molecular weight is 321 g/mol. The van der Waals surface area contributed by atoms with Crippen molar-refractivity contribution in [1.82, 2.24) is 9.78 Å². The maximum atomic E-state index is 11.7. The molecule has 4 N–H and O–H groups in total. The number of anilines is 1. The summed E-state index contributed by atoms with van der Waals surface area (Å²) in [5.74, 6) is 0. The Morgan fingerprint density at radius 3 is 3.00 bits per heavy atom. The van der Waals surface area contributed by atoms with Gasteiger partial charge in [-0.3, -0.25) is 4.79 Å². The van der Waals surface area contributed by atoms with Gasteiger partial charge in [-0.1, -0.05) is 0 Å². The fraction of sp³-hybridized carbons (Fsp3) is 0.444. The van der Waals surface area contributed by atoms with Gasteiger partial charge in [-0.15, -0.1) is 0 Å². The van der Waals surface area contributed by atoms with Gasteiger partial charge in [0, 0.05) is 6.54 Å². The van der Waals surface area contributed by atoms with E-state index in [0.29, 0.717) is 16.7 Å². The minimum Gasteiger partial charge on any atom is -0.448 e. The molecule has 0 saturated heterocycles. The molecular formula is C9H13BrN4O4. The molecule has 0 aliphatic heterocycles. The summed E-state index contributed by atoms with van der Waals surface area (Å²) in [5.41, 5.74) is 4.91. The van der Waals surface area contributed by atoms with Gasteiger partial charge >= 0.3 is 6.09 Å². The van der Waals surface area contributed by atoms with E-state index in [4.69, 9.17) is 10.8 Å². The standard InChI is InChI=1S/C9H13BrN4O4/c10-7-6(12-1-4-18-9(11)17)5-13-14(2-3-15)8(7)16/h5,12,15H,1-4H2,(H2,11,17). The third-order valence-electron chi connectivity index (χ3n) is 1.96. The van der Waals surface area contributed by atoms with Crippen LogP contribution in [0.2, 0.25) is 0 Å². The second-order valence-electron chi connectivity index (χ2n) is 3.22. The summed E-state index contributed by atoms with van der Waals surface area (Å²) in [6.45, 7) is 0.343. The van der Waals surface area contributed by atoms with Crippen LogP contribution in [0.4, 0.5) is 10.5 Å². The number of rotatable bonds is 6. The van der Waals surface area contributed by atoms with Crippen molar-refractivity contribution in [1.29, 1.82) is 0 Å². The zero-order valence-corrected chi connectivity index (χ0v) is 11.0. The van der Waals surface area contributed by atoms with Gasteiger partial charge in [-0.2, -0.15) is 5.10 Å². The Kier molecular flexibility index (Phi) is 5.59. The quantitative estimate of drug-likeness (QED) is 0.608. The number of halogens is 1. The molecule has 0 bridgehead atoms. The Morgan fingerprint density at radius 1 is 1.67 bits per heavy atom. The zero-order chi connectivity index (χ0) is 13.5. The van der Waals surface area contributed by atoms with E-state index in [1.165, 1.54) is 6.20 Å². The minimum absolute atomic E-state index is 0.0848. The van der Waals surface area contributed by atoms with Gasteiger partial charge in [0.25, 0.3) is 5.56 Å². The molecule has 1 amide bonds. The summed E-state index contributed by atoms with van der Waals surface area (Å²) in [5, 5.41) is 15.5. The highest BCUT2D eigenvalue weighted by Crippen LogP contribution is 2.15. The first kappa shape index (κ1) is 14.5. The highest BCUT2D eigenvalue weighted by Gasteiger charge is 2.08. The van der Waals surface area contributed by atoms with Crippen molar-refractivity contribution in [3.63, 3.8) is 0 Å². The third kappa shape index (κ3) is 4.00. The molecule has 9 heteroatoms. The lowest BCUT2D eigenvalue weighted by Crippen LogP contribution is -2.26. The fourth-order valence-electron chi connectivity index (χ4n) is 1.18. The minimum atomic E-state index is -0.854. The first-order valence-corrected chi connectivity index (χ1v) is 5.88. The lowest BCUT2D eigenvalue weighted by atomic mass is 10.4. The monoisotopic (exact) mass is 320 g/mol. The number of amides is 1. The maximum Gasteiger partial charge on any atom is 0.404 e. The average Bonchev–Trinajstić information content (AvgIpc) is 2.33. The van der Waals surface area contributed by atoms with E-state index in [9.17, 15) is 9.59 Å². The second kappa shape index (κ2) is 6.97. The van der Waals surface area contributed by atoms with Crippen LogP contribution in [0, 0.1) is 0 Å². The van der Waals surface area contributed by atoms with E-state index in [-0.39, 0.29) is 25.3 Å². The number of primary amides is 1. The number of ether oxygens (including phenoxy) is 1. The summed E-state index contributed by atoms with van der Waals surface area (Å²) in [6.07, 6.45) is 0.582. The highest BCUT2D eigenvalue weighted by atomic mass is 79.9. The molecule has 0 fully saturated rings. The molecule has 1 rings (SSSR count). The molecule has 100 valence electrons. The molecule has 1 heterocycles. The van der Waals surface area contributed by atoms with Crippen molar-refractivity contribution < 1.29 is 14.6 Å². The maximum absolute atomic E-state index is 11.7. The van der Waals surface area contributed by atoms with Crippen molar-refractivity contribution in [2.24, 2.45) is 5.73 Å². The third-order valence-corrected chi connectivity index (χ3v) is 2.72. The number of carbonyl (C=O) groups excluding carboxylic acids is 1. The van der Waals surface area contributed by atoms with Crippen LogP contribution in [0.1, 0.15) is 0 Å². The predicted molar refractivity (Wildman–Crippen MR) is 67.3 cm³/mol. The van der Waals surface area contributed by atoms with Gasteiger partial charge in [0.15, 0.2) is 0 Å². The Bertz CT molecular complexity index is 476. The SMILES string of the molecule is NC(=O)OCCNc1cnn(CCO)c(=O)c1Br. The molecule has 0 saturated carbocycles. The normalized spacial score (nSPS) is 10.1. The fourth-order valence-corrected chi connectivity index (χ4v) is 1.63. The first-order valence-electron chi connectivity index (χ1n) is 5.09. The van der Waals surface area contributed by atoms with Gasteiger partial charge in [0.05, 0.1) is 25.0 Å². The van der Waals surface area contributed by atoms with Crippen molar-refractivity contribution in [2.75, 3.05) is 25.1 Å². The van der Waals surface area contributed by atoms with Gasteiger partial charge in [-0.05, 0) is 15.9 Å². The van der Waals surface area contributed by atoms with Crippen molar-refractivity contribution in [3.8, 4) is 0 Å². The Labute approximate surface area is 111 Å². The van der Waals surface area contributed by atoms with Crippen LogP contribution in [0.5, 0.6) is 0 Å². The largest absolute Gasteiger partial charge is 0.448 e. The van der Waals surface area contributed by atoms with E-state index >= 15 is 0 Å². The number of nitrogens with zero attached hydrogens (tertiary/aromatic N) is 2. The smallest absolute Gasteiger partial charge is 0.404 e. The van der Waals surface area contributed by atoms with Crippen LogP contribution in [0.15, 0.2) is 15.5 Å². The number of nitrogens with one attached hydrogen (secondary N) is 1. The molecule has 0 aliphatic rings. The molecular weight excluding hydrogens is 308 g/mol. The number of aliphatic hydroxyl groups excluding tert-OH is 1. The lowest BCUT2D eigenvalue weighted by molar-refractivity contribution is 0.161. The van der Waals surface area contributed by atoms with E-state index < -0.39 is 6.09 Å². The topological polar surface area (TPSA) is 119 Å². The number of nitrogens with two attached hydrogens (primary N) is 1. The predicted octanol–water partition coefficient (Wildman–Crippen LogP) is -0.495. The van der Waals surface area contributed by atoms with Crippen LogP contribution in [0.25, 0.3) is 0 Å². The molecule has 0 atom stereocenters. The number of aromatic nitrogens is 2. The van der Waals surface area contributed by atoms with Crippen LogP contribution in [-0.4, -0.2) is 40.7 Å². The van der Waals surface area contributed by atoms with Crippen LogP contribution < -0.4 is 16.6 Å². The molecule has 0 spiro atoms. The van der Waals surface area contributed by atoms with Crippen molar-refractivity contribution in [2.45, 2.75) is 6.54 Å². The highest BCUT2D eigenvalue weighted by molar-refractivity contribution is 9.10. The molecule has 8 nitrogen and oxygen atoms in total. The van der Waals surface area contributed by atoms with Crippen LogP contribution >= 0.6 is 15.9 Å². The summed E-state index contributed by atoms with van der Waals surface area (Å²) >= 11 is 3.13. The number of carbonyl (C=O) groups is 1. The second-order valence-corrected chi connectivity index (χ2v) is 4.01. The number of hydrogen-bond donors (Lipinski definition) is 3. The van der Waals surface area contributed by atoms with Gasteiger partial charge in [0.1, 0.15) is 11.1 Å². The number of hydrogen-bond acceptors (Lipinski definition) is 6. The molecule has 0 aromatic carbocycles. The molecule has 1 aromatic heterocycles. The van der Waals surface area contributed by atoms with Gasteiger partial charge < -0.3 is 20.9 Å². The molecule has 0 radical (unpaired) electrons. The van der Waals surface area contributed by atoms with Crippen molar-refractivity contribution >= 4 is 27.7 Å². The summed E-state index contributed by atoms with van der Waals surface area (Å²) in [6, 6.07) is 0. The van der Waals surface area contributed by atoms with E-state index in [0.717, 1.165) is 4.68 Å². The van der Waals surface area contributed by atoms with Gasteiger partial charge in [-0.25, -0.2) is 9.48 Å². The van der Waals surface area contributed by atoms with Crippen LogP contribution in [-0.2, 0) is 11.3 Å². The Balaban J connectivity index is 2.65. The van der Waals surface area contributed by atoms with E-state index in [1.807, 2.05) is 0 Å². The zero-order valence-electron chi connectivity index (χ0n) is 9.43. The van der Waals surface area contributed by atoms with Gasteiger partial charge in [0.2, 0.25) is 0 Å². The molecule has 1 aromatic rings. The van der Waals surface area contributed by atoms with Crippen LogP contribution in [0.3, 0.4) is 0 Å². The first-order chi connectivity index (χ1) is 8.56. The Hall–Kier alpha value is -1.61. The summed E-state index contributed by atoms with van der Waals surface area (Å²) in [7, 11) is 0. The summed E-state index contributed by atoms with van der Waals surface area (Å²) in [4.78, 5) is 22.0. The summed E-state index contributed by atoms with van der Waals surface area (Å²) < 4.78 is 5.95. The number of aliphatic hydroxyl groups is 1. The van der Waals surface area contributed by atoms with Crippen molar-refractivity contribution in [3.05, 3.63) is 21.0 Å². The van der Waals surface area contributed by atoms with E-state index in [2.05, 4.69) is 31.1 Å². The lowest BCUT2D eigenvalue weighted by Gasteiger charge is -2.09. The molecule has 18 heavy (non-hydrogen) atoms. The Morgan fingerprint density at radius 2 is 2.39 bits per heavy atom. The van der Waals surface area contributed by atoms with E-state index in [1.54, 1.807) is 0 Å². The molecule has 0 aliphatic carbocycles. The molecule has 0 unspecified atom stereocenters.